The molecule has 0 atom stereocenters. The maximum Gasteiger partial charge on any atom is 0.255 e. The van der Waals surface area contributed by atoms with E-state index < -0.39 is 11.7 Å². The van der Waals surface area contributed by atoms with Crippen molar-refractivity contribution in [2.75, 3.05) is 11.9 Å². The van der Waals surface area contributed by atoms with E-state index in [2.05, 4.69) is 17.2 Å². The lowest BCUT2D eigenvalue weighted by molar-refractivity contribution is 0.102. The van der Waals surface area contributed by atoms with Gasteiger partial charge in [0.1, 0.15) is 12.4 Å². The number of aliphatic hydroxyl groups excluding tert-OH is 1. The van der Waals surface area contributed by atoms with Gasteiger partial charge in [-0.2, -0.15) is 0 Å². The number of rotatable bonds is 2. The minimum absolute atomic E-state index is 0.115. The lowest BCUT2D eigenvalue weighted by Gasteiger charge is -2.08. The first kappa shape index (κ1) is 15.0. The van der Waals surface area contributed by atoms with Crippen molar-refractivity contribution in [1.29, 1.82) is 0 Å². The van der Waals surface area contributed by atoms with Crippen LogP contribution in [0.15, 0.2) is 42.5 Å². The monoisotopic (exact) mass is 303 g/mol. The summed E-state index contributed by atoms with van der Waals surface area (Å²) in [6.07, 6.45) is 0. The van der Waals surface area contributed by atoms with Crippen molar-refractivity contribution < 1.29 is 14.3 Å². The predicted molar refractivity (Wildman–Crippen MR) is 79.8 cm³/mol. The quantitative estimate of drug-likeness (QED) is 0.838. The average molecular weight is 304 g/mol. The number of carbonyl (C=O) groups excluding carboxylic acids is 1. The number of benzene rings is 2. The first-order valence-electron chi connectivity index (χ1n) is 6.07. The summed E-state index contributed by atoms with van der Waals surface area (Å²) in [5, 5.41) is 11.3. The summed E-state index contributed by atoms with van der Waals surface area (Å²) >= 11 is 5.66. The Morgan fingerprint density at radius 1 is 1.29 bits per heavy atom. The van der Waals surface area contributed by atoms with Crippen molar-refractivity contribution in [1.82, 2.24) is 0 Å². The zero-order valence-corrected chi connectivity index (χ0v) is 11.6. The number of halogens is 2. The van der Waals surface area contributed by atoms with E-state index in [1.807, 2.05) is 0 Å². The molecule has 2 rings (SSSR count). The minimum atomic E-state index is -0.581. The van der Waals surface area contributed by atoms with Crippen molar-refractivity contribution >= 4 is 23.2 Å². The van der Waals surface area contributed by atoms with Crippen LogP contribution >= 0.6 is 11.6 Å². The molecule has 0 saturated carbocycles. The van der Waals surface area contributed by atoms with E-state index in [1.54, 1.807) is 24.3 Å². The van der Waals surface area contributed by atoms with Gasteiger partial charge in [0.25, 0.3) is 5.91 Å². The van der Waals surface area contributed by atoms with E-state index in [4.69, 9.17) is 16.7 Å². The van der Waals surface area contributed by atoms with Crippen LogP contribution in [0.1, 0.15) is 15.9 Å². The van der Waals surface area contributed by atoms with Gasteiger partial charge in [-0.3, -0.25) is 4.79 Å². The lowest BCUT2D eigenvalue weighted by atomic mass is 10.1. The average Bonchev–Trinajstić information content (AvgIpc) is 2.49. The molecule has 0 aliphatic carbocycles. The molecular weight excluding hydrogens is 293 g/mol. The maximum absolute atomic E-state index is 13.1. The number of para-hydroxylation sites is 1. The van der Waals surface area contributed by atoms with Gasteiger partial charge in [0.2, 0.25) is 0 Å². The molecule has 21 heavy (non-hydrogen) atoms. The van der Waals surface area contributed by atoms with Crippen molar-refractivity contribution in [2.45, 2.75) is 0 Å². The Morgan fingerprint density at radius 3 is 2.76 bits per heavy atom. The third-order valence-corrected chi connectivity index (χ3v) is 2.95. The minimum Gasteiger partial charge on any atom is -0.384 e. The second-order valence-electron chi connectivity index (χ2n) is 4.09. The molecule has 0 unspecified atom stereocenters. The Hall–Kier alpha value is -2.35. The normalized spacial score (nSPS) is 9.67. The van der Waals surface area contributed by atoms with Crippen LogP contribution in [0, 0.1) is 17.7 Å². The molecule has 2 aromatic carbocycles. The smallest absolute Gasteiger partial charge is 0.255 e. The summed E-state index contributed by atoms with van der Waals surface area (Å²) in [5.74, 6) is 4.26. The van der Waals surface area contributed by atoms with Gasteiger partial charge in [-0.25, -0.2) is 4.39 Å². The molecule has 5 heteroatoms. The summed E-state index contributed by atoms with van der Waals surface area (Å²) in [6.45, 7) is -0.268. The number of aliphatic hydroxyl groups is 1. The molecular formula is C16H11ClFNO2. The highest BCUT2D eigenvalue weighted by molar-refractivity contribution is 6.31. The van der Waals surface area contributed by atoms with Gasteiger partial charge in [-0.15, -0.1) is 0 Å². The molecule has 0 aliphatic rings. The fourth-order valence-electron chi connectivity index (χ4n) is 1.67. The second-order valence-corrected chi connectivity index (χ2v) is 4.50. The van der Waals surface area contributed by atoms with E-state index in [9.17, 15) is 9.18 Å². The van der Waals surface area contributed by atoms with Gasteiger partial charge in [0.15, 0.2) is 0 Å². The SMILES string of the molecule is O=C(Nc1ccccc1C#CCO)c1ccc(F)c(Cl)c1. The topological polar surface area (TPSA) is 49.3 Å². The molecule has 3 nitrogen and oxygen atoms in total. The summed E-state index contributed by atoms with van der Waals surface area (Å²) in [6, 6.07) is 10.7. The molecule has 0 saturated heterocycles. The van der Waals surface area contributed by atoms with Crippen molar-refractivity contribution in [3.63, 3.8) is 0 Å². The maximum atomic E-state index is 13.1. The Labute approximate surface area is 126 Å². The molecule has 1 amide bonds. The Bertz CT molecular complexity index is 735. The van der Waals surface area contributed by atoms with Crippen molar-refractivity contribution in [2.24, 2.45) is 0 Å². The van der Waals surface area contributed by atoms with Crippen LogP contribution in [-0.2, 0) is 0 Å². The predicted octanol–water partition coefficient (Wildman–Crippen LogP) is 3.08. The van der Waals surface area contributed by atoms with Gasteiger partial charge in [0, 0.05) is 11.1 Å². The highest BCUT2D eigenvalue weighted by Crippen LogP contribution is 2.19. The van der Waals surface area contributed by atoms with Gasteiger partial charge in [-0.05, 0) is 30.3 Å². The molecule has 0 aliphatic heterocycles. The van der Waals surface area contributed by atoms with Gasteiger partial charge in [-0.1, -0.05) is 35.6 Å². The zero-order valence-electron chi connectivity index (χ0n) is 10.9. The Kier molecular flexibility index (Phi) is 4.94. The number of anilines is 1. The van der Waals surface area contributed by atoms with E-state index in [1.165, 1.54) is 12.1 Å². The van der Waals surface area contributed by atoms with E-state index in [0.29, 0.717) is 11.3 Å². The molecule has 2 N–H and O–H groups in total. The highest BCUT2D eigenvalue weighted by atomic mass is 35.5. The molecule has 2 aromatic rings. The molecule has 0 fully saturated rings. The van der Waals surface area contributed by atoms with Gasteiger partial charge in [0.05, 0.1) is 10.7 Å². The van der Waals surface area contributed by atoms with Crippen molar-refractivity contribution in [3.05, 3.63) is 64.4 Å². The zero-order chi connectivity index (χ0) is 15.2. The van der Waals surface area contributed by atoms with Gasteiger partial charge >= 0.3 is 0 Å². The number of nitrogens with one attached hydrogen (secondary N) is 1. The highest BCUT2D eigenvalue weighted by Gasteiger charge is 2.10. The molecule has 0 heterocycles. The number of carbonyl (C=O) groups is 1. The van der Waals surface area contributed by atoms with Gasteiger partial charge < -0.3 is 10.4 Å². The summed E-state index contributed by atoms with van der Waals surface area (Å²) in [4.78, 5) is 12.1. The molecule has 0 bridgehead atoms. The van der Waals surface area contributed by atoms with Crippen LogP contribution in [0.4, 0.5) is 10.1 Å². The van der Waals surface area contributed by atoms with E-state index in [0.717, 1.165) is 6.07 Å². The number of hydrogen-bond acceptors (Lipinski definition) is 2. The van der Waals surface area contributed by atoms with Crippen LogP contribution in [0.5, 0.6) is 0 Å². The largest absolute Gasteiger partial charge is 0.384 e. The third-order valence-electron chi connectivity index (χ3n) is 2.66. The summed E-state index contributed by atoms with van der Waals surface area (Å²) in [5.41, 5.74) is 1.32. The van der Waals surface area contributed by atoms with E-state index in [-0.39, 0.29) is 17.2 Å². The van der Waals surface area contributed by atoms with Crippen LogP contribution in [0.2, 0.25) is 5.02 Å². The van der Waals surface area contributed by atoms with Crippen LogP contribution in [-0.4, -0.2) is 17.6 Å². The summed E-state index contributed by atoms with van der Waals surface area (Å²) < 4.78 is 13.1. The molecule has 0 spiro atoms. The summed E-state index contributed by atoms with van der Waals surface area (Å²) in [7, 11) is 0. The van der Waals surface area contributed by atoms with Crippen LogP contribution in [0.3, 0.4) is 0 Å². The lowest BCUT2D eigenvalue weighted by Crippen LogP contribution is -2.13. The first-order chi connectivity index (χ1) is 10.1. The van der Waals surface area contributed by atoms with Crippen molar-refractivity contribution in [3.8, 4) is 11.8 Å². The third kappa shape index (κ3) is 3.82. The fourth-order valence-corrected chi connectivity index (χ4v) is 1.85. The number of amides is 1. The standard InChI is InChI=1S/C16H11ClFNO2/c17-13-10-12(7-8-14(13)18)16(21)19-15-6-2-1-4-11(15)5-3-9-20/h1-2,4,6-8,10,20H,9H2,(H,19,21). The Morgan fingerprint density at radius 2 is 2.05 bits per heavy atom. The van der Waals surface area contributed by atoms with Crippen LogP contribution < -0.4 is 5.32 Å². The first-order valence-corrected chi connectivity index (χ1v) is 6.45. The second kappa shape index (κ2) is 6.89. The molecule has 106 valence electrons. The fraction of sp³-hybridized carbons (Fsp3) is 0.0625. The van der Waals surface area contributed by atoms with Crippen LogP contribution in [0.25, 0.3) is 0 Å². The molecule has 0 aromatic heterocycles. The number of hydrogen-bond donors (Lipinski definition) is 2. The molecule has 0 radical (unpaired) electrons. The van der Waals surface area contributed by atoms with E-state index >= 15 is 0 Å². The Balaban J connectivity index is 2.25.